The summed E-state index contributed by atoms with van der Waals surface area (Å²) in [5, 5.41) is 10.6. The minimum absolute atomic E-state index is 0.0839. The van der Waals surface area contributed by atoms with Crippen LogP contribution in [-0.4, -0.2) is 34.2 Å². The van der Waals surface area contributed by atoms with Crippen LogP contribution in [0.25, 0.3) is 0 Å². The number of thioether (sulfide) groups is 1. The second kappa shape index (κ2) is 2.82. The van der Waals surface area contributed by atoms with Gasteiger partial charge >= 0.3 is 5.97 Å². The number of carbonyl (C=O) groups is 1. The van der Waals surface area contributed by atoms with Crippen LogP contribution in [0.2, 0.25) is 0 Å². The Balaban J connectivity index is 2.12. The predicted molar refractivity (Wildman–Crippen MR) is 46.8 cm³/mol. The molecule has 0 aliphatic carbocycles. The van der Waals surface area contributed by atoms with Crippen molar-refractivity contribution in [3.8, 4) is 0 Å². The third kappa shape index (κ3) is 1.20. The first-order valence-electron chi connectivity index (χ1n) is 3.61. The van der Waals surface area contributed by atoms with E-state index < -0.39 is 11.9 Å². The summed E-state index contributed by atoms with van der Waals surface area (Å²) >= 11 is 1.59. The van der Waals surface area contributed by atoms with Gasteiger partial charge in [0.2, 0.25) is 0 Å². The Bertz CT molecular complexity index is 264. The van der Waals surface area contributed by atoms with Gasteiger partial charge in [-0.1, -0.05) is 11.8 Å². The summed E-state index contributed by atoms with van der Waals surface area (Å²) in [5.41, 5.74) is 0.0839. The van der Waals surface area contributed by atoms with Gasteiger partial charge in [-0.2, -0.15) is 0 Å². The van der Waals surface area contributed by atoms with Crippen LogP contribution in [0, 0.1) is 5.92 Å². The summed E-state index contributed by atoms with van der Waals surface area (Å²) < 4.78 is 0. The van der Waals surface area contributed by atoms with Crippen molar-refractivity contribution in [1.29, 1.82) is 0 Å². The molecule has 4 nitrogen and oxygen atoms in total. The zero-order chi connectivity index (χ0) is 8.55. The topological polar surface area (TPSA) is 52.9 Å². The van der Waals surface area contributed by atoms with Crippen LogP contribution in [-0.2, 0) is 4.79 Å². The average molecular weight is 184 g/mol. The van der Waals surface area contributed by atoms with E-state index in [1.807, 2.05) is 16.5 Å². The molecule has 2 aliphatic heterocycles. The standard InChI is InChI=1S/C7H8N2O2S/c10-6(11)5-3-8-7-9(4-5)1-2-12-7/h1-3,5,7H,4H2,(H,10,11). The zero-order valence-corrected chi connectivity index (χ0v) is 7.07. The lowest BCUT2D eigenvalue weighted by Crippen LogP contribution is -2.37. The van der Waals surface area contributed by atoms with Gasteiger partial charge in [-0.25, -0.2) is 0 Å². The number of hydrogen-bond acceptors (Lipinski definition) is 4. The monoisotopic (exact) mass is 184 g/mol. The number of aliphatic imine (C=N–C) groups is 1. The Morgan fingerprint density at radius 3 is 3.33 bits per heavy atom. The zero-order valence-electron chi connectivity index (χ0n) is 6.25. The average Bonchev–Trinajstić information content (AvgIpc) is 2.49. The van der Waals surface area contributed by atoms with Crippen LogP contribution >= 0.6 is 11.8 Å². The molecule has 0 radical (unpaired) electrons. The van der Waals surface area contributed by atoms with Crippen LogP contribution in [0.3, 0.4) is 0 Å². The Kier molecular flexibility index (Phi) is 1.80. The van der Waals surface area contributed by atoms with Gasteiger partial charge in [0.15, 0.2) is 5.50 Å². The second-order valence-electron chi connectivity index (χ2n) is 2.69. The van der Waals surface area contributed by atoms with E-state index in [1.54, 1.807) is 11.8 Å². The number of carboxylic acids is 1. The number of nitrogens with zero attached hydrogens (tertiary/aromatic N) is 2. The molecule has 0 bridgehead atoms. The first kappa shape index (κ1) is 7.67. The van der Waals surface area contributed by atoms with Gasteiger partial charge in [-0.3, -0.25) is 9.79 Å². The molecular formula is C7H8N2O2S. The highest BCUT2D eigenvalue weighted by Gasteiger charge is 2.28. The van der Waals surface area contributed by atoms with Crippen LogP contribution in [0.5, 0.6) is 0 Å². The summed E-state index contributed by atoms with van der Waals surface area (Å²) in [6.07, 6.45) is 3.42. The molecule has 5 heteroatoms. The molecule has 2 heterocycles. The molecule has 0 aromatic rings. The van der Waals surface area contributed by atoms with Crippen LogP contribution in [0.4, 0.5) is 0 Å². The minimum Gasteiger partial charge on any atom is -0.481 e. The normalized spacial score (nSPS) is 32.2. The van der Waals surface area contributed by atoms with E-state index in [0.29, 0.717) is 6.54 Å². The van der Waals surface area contributed by atoms with E-state index in [9.17, 15) is 4.79 Å². The first-order valence-corrected chi connectivity index (χ1v) is 4.55. The van der Waals surface area contributed by atoms with Crippen LogP contribution < -0.4 is 0 Å². The fraction of sp³-hybridized carbons (Fsp3) is 0.429. The van der Waals surface area contributed by atoms with Gasteiger partial charge in [0.1, 0.15) is 5.92 Å². The van der Waals surface area contributed by atoms with E-state index in [2.05, 4.69) is 4.99 Å². The molecule has 2 atom stereocenters. The van der Waals surface area contributed by atoms with E-state index in [1.165, 1.54) is 6.21 Å². The van der Waals surface area contributed by atoms with E-state index in [0.717, 1.165) is 0 Å². The Morgan fingerprint density at radius 1 is 1.75 bits per heavy atom. The molecular weight excluding hydrogens is 176 g/mol. The maximum Gasteiger partial charge on any atom is 0.313 e. The molecule has 0 amide bonds. The Hall–Kier alpha value is -0.970. The summed E-state index contributed by atoms with van der Waals surface area (Å²) in [7, 11) is 0. The number of carboxylic acid groups (broad SMARTS) is 1. The number of aliphatic carboxylic acids is 1. The molecule has 0 spiro atoms. The van der Waals surface area contributed by atoms with Crippen molar-refractivity contribution in [3.63, 3.8) is 0 Å². The Morgan fingerprint density at radius 2 is 2.58 bits per heavy atom. The lowest BCUT2D eigenvalue weighted by atomic mass is 10.1. The summed E-state index contributed by atoms with van der Waals surface area (Å²) in [6.45, 7) is 0.535. The summed E-state index contributed by atoms with van der Waals surface area (Å²) in [4.78, 5) is 16.6. The molecule has 0 saturated heterocycles. The quantitative estimate of drug-likeness (QED) is 0.647. The maximum atomic E-state index is 10.6. The van der Waals surface area contributed by atoms with E-state index in [-0.39, 0.29) is 5.50 Å². The molecule has 12 heavy (non-hydrogen) atoms. The van der Waals surface area contributed by atoms with Crippen molar-refractivity contribution in [2.24, 2.45) is 10.9 Å². The van der Waals surface area contributed by atoms with Crippen molar-refractivity contribution in [2.75, 3.05) is 6.54 Å². The maximum absolute atomic E-state index is 10.6. The predicted octanol–water partition coefficient (Wildman–Crippen LogP) is 0.575. The van der Waals surface area contributed by atoms with Gasteiger partial charge in [0.05, 0.1) is 0 Å². The van der Waals surface area contributed by atoms with Gasteiger partial charge in [0, 0.05) is 19.0 Å². The van der Waals surface area contributed by atoms with Crippen molar-refractivity contribution < 1.29 is 9.90 Å². The smallest absolute Gasteiger partial charge is 0.313 e. The van der Waals surface area contributed by atoms with E-state index >= 15 is 0 Å². The summed E-state index contributed by atoms with van der Waals surface area (Å²) in [5.74, 6) is -1.26. The second-order valence-corrected chi connectivity index (χ2v) is 3.65. The van der Waals surface area contributed by atoms with Crippen molar-refractivity contribution in [1.82, 2.24) is 4.90 Å². The van der Waals surface area contributed by atoms with Crippen molar-refractivity contribution in [2.45, 2.75) is 5.50 Å². The summed E-state index contributed by atoms with van der Waals surface area (Å²) in [6, 6.07) is 0. The lowest BCUT2D eigenvalue weighted by molar-refractivity contribution is -0.139. The highest BCUT2D eigenvalue weighted by atomic mass is 32.2. The van der Waals surface area contributed by atoms with E-state index in [4.69, 9.17) is 5.11 Å². The minimum atomic E-state index is -0.803. The number of fused-ring (bicyclic) bond motifs is 1. The third-order valence-electron chi connectivity index (χ3n) is 1.85. The number of hydrogen-bond donors (Lipinski definition) is 1. The largest absolute Gasteiger partial charge is 0.481 e. The third-order valence-corrected chi connectivity index (χ3v) is 2.77. The van der Waals surface area contributed by atoms with Gasteiger partial charge in [0.25, 0.3) is 0 Å². The SMILES string of the molecule is O=C(O)C1C=NC2SC=CN2C1. The molecule has 2 aliphatic rings. The first-order chi connectivity index (χ1) is 5.77. The lowest BCUT2D eigenvalue weighted by Gasteiger charge is -2.27. The fourth-order valence-corrected chi connectivity index (χ4v) is 2.02. The molecule has 0 aromatic carbocycles. The molecule has 0 aromatic heterocycles. The van der Waals surface area contributed by atoms with Crippen LogP contribution in [0.1, 0.15) is 0 Å². The highest BCUT2D eigenvalue weighted by molar-refractivity contribution is 8.02. The molecule has 0 fully saturated rings. The Labute approximate surface area is 74.0 Å². The van der Waals surface area contributed by atoms with Gasteiger partial charge in [-0.15, -0.1) is 0 Å². The molecule has 0 saturated carbocycles. The molecule has 2 unspecified atom stereocenters. The van der Waals surface area contributed by atoms with Crippen molar-refractivity contribution in [3.05, 3.63) is 11.6 Å². The highest BCUT2D eigenvalue weighted by Crippen LogP contribution is 2.28. The van der Waals surface area contributed by atoms with Gasteiger partial charge < -0.3 is 10.0 Å². The fourth-order valence-electron chi connectivity index (χ4n) is 1.20. The molecule has 2 rings (SSSR count). The van der Waals surface area contributed by atoms with Gasteiger partial charge in [-0.05, 0) is 5.41 Å². The number of rotatable bonds is 1. The van der Waals surface area contributed by atoms with Crippen LogP contribution in [0.15, 0.2) is 16.6 Å². The molecule has 64 valence electrons. The molecule has 1 N–H and O–H groups in total. The van der Waals surface area contributed by atoms with Crippen molar-refractivity contribution >= 4 is 23.9 Å².